The van der Waals surface area contributed by atoms with Crippen molar-refractivity contribution in [2.75, 3.05) is 7.05 Å². The second-order valence-electron chi connectivity index (χ2n) is 2.98. The molecule has 0 aliphatic heterocycles. The summed E-state index contributed by atoms with van der Waals surface area (Å²) in [6.45, 7) is 6.72. The second-order valence-corrected chi connectivity index (χ2v) is 2.98. The molecule has 64 valence electrons. The minimum Gasteiger partial charge on any atom is -0.293 e. The van der Waals surface area contributed by atoms with Gasteiger partial charge in [0.05, 0.1) is 0 Å². The Balaban J connectivity index is 4.73. The largest absolute Gasteiger partial charge is 0.293 e. The molecule has 0 aliphatic carbocycles. The Bertz CT molecular complexity index is 184. The normalized spacial score (nSPS) is 15.5. The van der Waals surface area contributed by atoms with Gasteiger partial charge < -0.3 is 0 Å². The van der Waals surface area contributed by atoms with E-state index in [1.807, 2.05) is 13.8 Å². The number of allylic oxidation sites excluding steroid dienone is 2. The molecule has 2 heteroatoms. The van der Waals surface area contributed by atoms with Crippen molar-refractivity contribution in [1.82, 2.24) is 0 Å². The van der Waals surface area contributed by atoms with Gasteiger partial charge >= 0.3 is 0 Å². The highest BCUT2D eigenvalue weighted by molar-refractivity contribution is 5.99. The molecule has 0 saturated carbocycles. The van der Waals surface area contributed by atoms with Crippen molar-refractivity contribution in [2.45, 2.75) is 33.4 Å². The molecule has 0 rings (SSSR count). The molecule has 0 unspecified atom stereocenters. The van der Waals surface area contributed by atoms with Crippen LogP contribution in [0.25, 0.3) is 0 Å². The van der Waals surface area contributed by atoms with Crippen LogP contribution in [-0.4, -0.2) is 18.4 Å². The van der Waals surface area contributed by atoms with E-state index in [1.54, 1.807) is 13.1 Å². The first kappa shape index (κ1) is 10.3. The Morgan fingerprint density at radius 1 is 1.45 bits per heavy atom. The van der Waals surface area contributed by atoms with Crippen molar-refractivity contribution in [2.24, 2.45) is 4.99 Å². The average Bonchev–Trinajstić information content (AvgIpc) is 1.86. The van der Waals surface area contributed by atoms with Crippen LogP contribution >= 0.6 is 0 Å². The summed E-state index contributed by atoms with van der Waals surface area (Å²) in [5, 5.41) is 0. The molecule has 0 amide bonds. The van der Waals surface area contributed by atoms with Crippen LogP contribution in [0.1, 0.15) is 27.7 Å². The van der Waals surface area contributed by atoms with Gasteiger partial charge in [-0.3, -0.25) is 4.99 Å². The summed E-state index contributed by atoms with van der Waals surface area (Å²) in [5.74, 6) is 0. The molecule has 0 N–H and O–H groups in total. The first-order valence-corrected chi connectivity index (χ1v) is 3.73. The van der Waals surface area contributed by atoms with Gasteiger partial charge in [-0.05, 0) is 27.7 Å². The van der Waals surface area contributed by atoms with E-state index in [-0.39, 0.29) is 0 Å². The van der Waals surface area contributed by atoms with E-state index in [4.69, 9.17) is 0 Å². The van der Waals surface area contributed by atoms with Gasteiger partial charge in [-0.25, -0.2) is 4.39 Å². The molecule has 0 aliphatic rings. The molecule has 0 aromatic carbocycles. The van der Waals surface area contributed by atoms with Gasteiger partial charge in [-0.15, -0.1) is 0 Å². The van der Waals surface area contributed by atoms with E-state index in [0.717, 1.165) is 5.71 Å². The summed E-state index contributed by atoms with van der Waals surface area (Å²) in [7, 11) is 1.67. The molecule has 11 heavy (non-hydrogen) atoms. The first-order valence-electron chi connectivity index (χ1n) is 3.73. The second kappa shape index (κ2) is 3.65. The number of rotatable bonds is 2. The van der Waals surface area contributed by atoms with E-state index < -0.39 is 5.67 Å². The predicted molar refractivity (Wildman–Crippen MR) is 48.0 cm³/mol. The Kier molecular flexibility index (Phi) is 3.43. The molecule has 0 aromatic heterocycles. The lowest BCUT2D eigenvalue weighted by Gasteiger charge is -2.18. The fourth-order valence-corrected chi connectivity index (χ4v) is 1.10. The lowest BCUT2D eigenvalue weighted by atomic mass is 9.96. The lowest BCUT2D eigenvalue weighted by Crippen LogP contribution is -2.21. The van der Waals surface area contributed by atoms with Crippen molar-refractivity contribution in [3.63, 3.8) is 0 Å². The molecule has 0 saturated heterocycles. The molecular weight excluding hydrogens is 141 g/mol. The number of aliphatic imine (C=N–C) groups is 1. The standard InChI is InChI=1S/C9H16FN/c1-6-8(7(2)11-5)9(3,4)10/h6H,1-5H3/b8-6+,11-7?. The number of hydrogen-bond donors (Lipinski definition) is 0. The van der Waals surface area contributed by atoms with Crippen molar-refractivity contribution in [3.8, 4) is 0 Å². The molecule has 0 aromatic rings. The van der Waals surface area contributed by atoms with Gasteiger partial charge in [0.1, 0.15) is 5.67 Å². The SMILES string of the molecule is C/C=C(\C(C)=NC)C(C)(C)F. The zero-order valence-corrected chi connectivity index (χ0v) is 7.90. The minimum absolute atomic E-state index is 0.667. The monoisotopic (exact) mass is 157 g/mol. The number of halogens is 1. The first-order chi connectivity index (χ1) is 4.93. The minimum atomic E-state index is -1.28. The van der Waals surface area contributed by atoms with E-state index in [1.165, 1.54) is 13.8 Å². The number of nitrogens with zero attached hydrogens (tertiary/aromatic N) is 1. The van der Waals surface area contributed by atoms with Gasteiger partial charge in [0.25, 0.3) is 0 Å². The van der Waals surface area contributed by atoms with Crippen LogP contribution in [0.5, 0.6) is 0 Å². The van der Waals surface area contributed by atoms with Crippen LogP contribution in [-0.2, 0) is 0 Å². The van der Waals surface area contributed by atoms with E-state index in [0.29, 0.717) is 5.57 Å². The zero-order valence-electron chi connectivity index (χ0n) is 7.90. The highest BCUT2D eigenvalue weighted by Crippen LogP contribution is 2.21. The zero-order chi connectivity index (χ0) is 9.07. The molecule has 0 heterocycles. The van der Waals surface area contributed by atoms with Crippen molar-refractivity contribution in [1.29, 1.82) is 0 Å². The van der Waals surface area contributed by atoms with Crippen molar-refractivity contribution < 1.29 is 4.39 Å². The number of hydrogen-bond acceptors (Lipinski definition) is 1. The summed E-state index contributed by atoms with van der Waals surface area (Å²) < 4.78 is 13.3. The third kappa shape index (κ3) is 2.83. The summed E-state index contributed by atoms with van der Waals surface area (Å²) in [4.78, 5) is 3.93. The van der Waals surface area contributed by atoms with Gasteiger partial charge in [0.15, 0.2) is 0 Å². The molecule has 0 atom stereocenters. The van der Waals surface area contributed by atoms with Crippen molar-refractivity contribution >= 4 is 5.71 Å². The third-order valence-corrected chi connectivity index (χ3v) is 1.65. The summed E-state index contributed by atoms with van der Waals surface area (Å²) >= 11 is 0. The Morgan fingerprint density at radius 3 is 2.00 bits per heavy atom. The van der Waals surface area contributed by atoms with Crippen molar-refractivity contribution in [3.05, 3.63) is 11.6 Å². The van der Waals surface area contributed by atoms with Crippen LogP contribution in [0, 0.1) is 0 Å². The lowest BCUT2D eigenvalue weighted by molar-refractivity contribution is 0.277. The maximum absolute atomic E-state index is 13.3. The molecular formula is C9H16FN. The topological polar surface area (TPSA) is 12.4 Å². The van der Waals surface area contributed by atoms with Crippen LogP contribution in [0.4, 0.5) is 4.39 Å². The summed E-state index contributed by atoms with van der Waals surface area (Å²) in [6.07, 6.45) is 1.77. The Labute approximate surface area is 68.0 Å². The third-order valence-electron chi connectivity index (χ3n) is 1.65. The van der Waals surface area contributed by atoms with Gasteiger partial charge in [-0.2, -0.15) is 0 Å². The smallest absolute Gasteiger partial charge is 0.131 e. The van der Waals surface area contributed by atoms with Gasteiger partial charge in [-0.1, -0.05) is 6.08 Å². The Morgan fingerprint density at radius 2 is 1.91 bits per heavy atom. The van der Waals surface area contributed by atoms with E-state index in [2.05, 4.69) is 4.99 Å². The van der Waals surface area contributed by atoms with Crippen LogP contribution < -0.4 is 0 Å². The van der Waals surface area contributed by atoms with E-state index in [9.17, 15) is 4.39 Å². The van der Waals surface area contributed by atoms with E-state index >= 15 is 0 Å². The summed E-state index contributed by atoms with van der Waals surface area (Å²) in [5.41, 5.74) is 0.151. The Hall–Kier alpha value is -0.660. The van der Waals surface area contributed by atoms with Gasteiger partial charge in [0.2, 0.25) is 0 Å². The van der Waals surface area contributed by atoms with Crippen LogP contribution in [0.15, 0.2) is 16.6 Å². The maximum atomic E-state index is 13.3. The number of alkyl halides is 1. The highest BCUT2D eigenvalue weighted by atomic mass is 19.1. The average molecular weight is 157 g/mol. The molecule has 0 spiro atoms. The molecule has 0 bridgehead atoms. The highest BCUT2D eigenvalue weighted by Gasteiger charge is 2.22. The maximum Gasteiger partial charge on any atom is 0.131 e. The van der Waals surface area contributed by atoms with Crippen LogP contribution in [0.3, 0.4) is 0 Å². The summed E-state index contributed by atoms with van der Waals surface area (Å²) in [6, 6.07) is 0. The fraction of sp³-hybridized carbons (Fsp3) is 0.667. The molecule has 1 nitrogen and oxygen atoms in total. The van der Waals surface area contributed by atoms with Gasteiger partial charge in [0, 0.05) is 18.3 Å². The quantitative estimate of drug-likeness (QED) is 0.546. The fourth-order valence-electron chi connectivity index (χ4n) is 1.10. The molecule has 0 fully saturated rings. The predicted octanol–water partition coefficient (Wildman–Crippen LogP) is 2.77. The van der Waals surface area contributed by atoms with Crippen LogP contribution in [0.2, 0.25) is 0 Å². The molecule has 0 radical (unpaired) electrons.